The van der Waals surface area contributed by atoms with Crippen molar-refractivity contribution in [2.24, 2.45) is 5.92 Å². The van der Waals surface area contributed by atoms with Crippen LogP contribution in [0.5, 0.6) is 17.2 Å². The highest BCUT2D eigenvalue weighted by atomic mass is 32.2. The summed E-state index contributed by atoms with van der Waals surface area (Å²) < 4.78 is 20.4. The zero-order valence-corrected chi connectivity index (χ0v) is 54.1. The van der Waals surface area contributed by atoms with E-state index in [1.165, 1.54) is 36.5 Å². The fourth-order valence-electron chi connectivity index (χ4n) is 11.1. The summed E-state index contributed by atoms with van der Waals surface area (Å²) in [4.78, 5) is 104. The number of aromatic hydroxyl groups is 1. The Kier molecular flexibility index (Phi) is 29.1. The number of carbonyl (C=O) groups excluding carboxylic acids is 7. The van der Waals surface area contributed by atoms with Gasteiger partial charge in [-0.3, -0.25) is 33.6 Å². The highest BCUT2D eigenvalue weighted by Gasteiger charge is 2.50. The Labute approximate surface area is 554 Å². The number of unbranched alkanes of at least 4 members (excludes halogenated alkanes) is 4. The molecule has 3 saturated heterocycles. The number of carbonyl (C=O) groups is 7. The Morgan fingerprint density at radius 1 is 0.747 bits per heavy atom. The summed E-state index contributed by atoms with van der Waals surface area (Å²) >= 11 is 1.35. The lowest BCUT2D eigenvalue weighted by Gasteiger charge is -2.34. The van der Waals surface area contributed by atoms with Gasteiger partial charge in [0.25, 0.3) is 18.2 Å². The SMILES string of the molecule is COCCCCCCCOc1ccc(-c2nnc(-c3ccc(C(=O)N[C@H]4C[C@@H](O)CNC(=O)[C@@H]5[C@@H](O)[C@@H](C)CN5C(=O)[C@H]([C@H](O)CCNC(CO)CO)NC(=O)[C@H]([C@H](O)Cc5ccc(O)c(OSOOO)c5)NC(=O)[C@@H]5C[C@@H](O)CN5C(=O)[C@H]([C@@H](C)O)NC4=O)cc3)s2)cc1. The second-order valence-corrected chi connectivity index (χ2v) is 24.9. The number of β-amino-alcohol motifs (C(OH)–C–C–N with tert-alkyl or cyclic N) is 1. The number of fused-ring (bicyclic) bond motifs is 2. The van der Waals surface area contributed by atoms with E-state index in [0.29, 0.717) is 27.9 Å². The number of hydrogen-bond acceptors (Lipinski definition) is 27. The van der Waals surface area contributed by atoms with E-state index < -0.39 is 184 Å². The van der Waals surface area contributed by atoms with Crippen LogP contribution in [0.4, 0.5) is 0 Å². The molecule has 3 aliphatic heterocycles. The van der Waals surface area contributed by atoms with E-state index >= 15 is 0 Å². The fourth-order valence-corrected chi connectivity index (χ4v) is 12.2. The third-order valence-corrected chi connectivity index (χ3v) is 17.8. The number of methoxy groups -OCH3 is 1. The first kappa shape index (κ1) is 75.1. The number of nitrogens with one attached hydrogen (secondary N) is 6. The lowest BCUT2D eigenvalue weighted by atomic mass is 9.98. The van der Waals surface area contributed by atoms with Crippen LogP contribution in [0.2, 0.25) is 0 Å². The summed E-state index contributed by atoms with van der Waals surface area (Å²) in [5.41, 5.74) is 1.48. The molecule has 1 aromatic heterocycles. The zero-order valence-electron chi connectivity index (χ0n) is 52.4. The van der Waals surface area contributed by atoms with Gasteiger partial charge in [0.15, 0.2) is 11.5 Å². The molecule has 13 atom stereocenters. The molecule has 0 saturated carbocycles. The van der Waals surface area contributed by atoms with Crippen molar-refractivity contribution < 1.29 is 108 Å². The Morgan fingerprint density at radius 2 is 1.38 bits per heavy atom. The molecule has 0 radical (unpaired) electrons. The number of aromatic nitrogens is 2. The smallest absolute Gasteiger partial charge is 0.261 e. The molecule has 95 heavy (non-hydrogen) atoms. The van der Waals surface area contributed by atoms with Gasteiger partial charge in [-0.05, 0) is 86.8 Å². The molecular formula is C61H84N10O22S2. The number of aliphatic hydroxyl groups is 8. The summed E-state index contributed by atoms with van der Waals surface area (Å²) in [5, 5.41) is 136. The van der Waals surface area contributed by atoms with E-state index in [0.717, 1.165) is 73.1 Å². The highest BCUT2D eigenvalue weighted by molar-refractivity contribution is 7.90. The maximum absolute atomic E-state index is 15.0. The molecule has 0 spiro atoms. The molecule has 3 fully saturated rings. The predicted molar refractivity (Wildman–Crippen MR) is 338 cm³/mol. The van der Waals surface area contributed by atoms with Crippen LogP contribution in [-0.4, -0.2) is 251 Å². The third kappa shape index (κ3) is 20.9. The van der Waals surface area contributed by atoms with Crippen molar-refractivity contribution in [3.63, 3.8) is 0 Å². The van der Waals surface area contributed by atoms with Crippen molar-refractivity contribution in [2.45, 2.75) is 151 Å². The van der Waals surface area contributed by atoms with Gasteiger partial charge in [0.1, 0.15) is 52.0 Å². The van der Waals surface area contributed by atoms with E-state index in [1.807, 2.05) is 24.3 Å². The molecule has 7 amide bonds. The molecular weight excluding hydrogens is 1290 g/mol. The van der Waals surface area contributed by atoms with Crippen LogP contribution in [0.1, 0.15) is 81.1 Å². The van der Waals surface area contributed by atoms with E-state index in [1.54, 1.807) is 19.2 Å². The monoisotopic (exact) mass is 1370 g/mol. The third-order valence-electron chi connectivity index (χ3n) is 16.4. The van der Waals surface area contributed by atoms with Crippen molar-refractivity contribution in [3.05, 3.63) is 77.9 Å². The molecule has 3 aliphatic rings. The molecule has 522 valence electrons. The van der Waals surface area contributed by atoms with Crippen LogP contribution in [0.15, 0.2) is 66.7 Å². The zero-order chi connectivity index (χ0) is 68.9. The number of nitrogens with zero attached hydrogens (tertiary/aromatic N) is 4. The number of phenols is 1. The van der Waals surface area contributed by atoms with E-state index in [4.69, 9.17) is 18.9 Å². The maximum atomic E-state index is 15.0. The lowest BCUT2D eigenvalue weighted by molar-refractivity contribution is -0.433. The predicted octanol–water partition coefficient (Wildman–Crippen LogP) is -1.80. The first-order valence-electron chi connectivity index (χ1n) is 31.0. The van der Waals surface area contributed by atoms with Gasteiger partial charge in [0.2, 0.25) is 35.4 Å². The largest absolute Gasteiger partial charge is 0.504 e. The second kappa shape index (κ2) is 36.7. The number of aliphatic hydroxyl groups excluding tert-OH is 8. The van der Waals surface area contributed by atoms with Crippen LogP contribution in [-0.2, 0) is 49.3 Å². The van der Waals surface area contributed by atoms with Gasteiger partial charge in [-0.15, -0.1) is 10.2 Å². The molecule has 32 nitrogen and oxygen atoms in total. The Morgan fingerprint density at radius 3 is 2.03 bits per heavy atom. The molecule has 3 aromatic carbocycles. The number of benzene rings is 3. The van der Waals surface area contributed by atoms with Crippen molar-refractivity contribution in [1.82, 2.24) is 51.9 Å². The first-order valence-corrected chi connectivity index (χ1v) is 32.5. The van der Waals surface area contributed by atoms with Gasteiger partial charge in [-0.2, -0.15) is 0 Å². The molecule has 4 heterocycles. The van der Waals surface area contributed by atoms with Gasteiger partial charge < -0.3 is 101 Å². The summed E-state index contributed by atoms with van der Waals surface area (Å²) in [7, 11) is 1.69. The van der Waals surface area contributed by atoms with Crippen LogP contribution in [0, 0.1) is 5.92 Å². The number of amides is 7. The molecule has 0 bridgehead atoms. The summed E-state index contributed by atoms with van der Waals surface area (Å²) in [6.45, 7) is 0.997. The van der Waals surface area contributed by atoms with Gasteiger partial charge in [0.05, 0.1) is 62.5 Å². The van der Waals surface area contributed by atoms with Gasteiger partial charge in [0, 0.05) is 75.2 Å². The van der Waals surface area contributed by atoms with Gasteiger partial charge >= 0.3 is 0 Å². The van der Waals surface area contributed by atoms with E-state index in [2.05, 4.69) is 51.5 Å². The molecule has 0 aliphatic carbocycles. The van der Waals surface area contributed by atoms with Crippen molar-refractivity contribution in [2.75, 3.05) is 59.7 Å². The first-order chi connectivity index (χ1) is 45.5. The van der Waals surface area contributed by atoms with Gasteiger partial charge in [-0.25, -0.2) is 5.26 Å². The fraction of sp³-hybridized carbons (Fsp3) is 0.557. The van der Waals surface area contributed by atoms with Crippen molar-refractivity contribution >= 4 is 65.0 Å². The Balaban J connectivity index is 1.16. The van der Waals surface area contributed by atoms with Crippen molar-refractivity contribution in [3.8, 4) is 38.4 Å². The molecule has 34 heteroatoms. The molecule has 7 rings (SSSR count). The average molecular weight is 1370 g/mol. The average Bonchev–Trinajstić information content (AvgIpc) is 1.69. The van der Waals surface area contributed by atoms with E-state index in [-0.39, 0.29) is 42.3 Å². The highest BCUT2D eigenvalue weighted by Crippen LogP contribution is 2.33. The lowest BCUT2D eigenvalue weighted by Crippen LogP contribution is -2.64. The minimum Gasteiger partial charge on any atom is -0.504 e. The number of hydrogen-bond donors (Lipinski definition) is 16. The van der Waals surface area contributed by atoms with Crippen LogP contribution in [0.3, 0.4) is 0 Å². The Bertz CT molecular complexity index is 3170. The van der Waals surface area contributed by atoms with Gasteiger partial charge in [-0.1, -0.05) is 65.1 Å². The van der Waals surface area contributed by atoms with Crippen LogP contribution < -0.4 is 40.8 Å². The second-order valence-electron chi connectivity index (χ2n) is 23.5. The topological polar surface area (TPSA) is 472 Å². The maximum Gasteiger partial charge on any atom is 0.261 e. The number of ether oxygens (including phenoxy) is 2. The summed E-state index contributed by atoms with van der Waals surface area (Å²) in [6.07, 6.45) is -7.48. The number of rotatable bonds is 28. The summed E-state index contributed by atoms with van der Waals surface area (Å²) in [5.74, 6) is -8.93. The number of phenolic OH excluding ortho intramolecular Hbond substituents is 1. The van der Waals surface area contributed by atoms with Crippen LogP contribution >= 0.6 is 23.7 Å². The molecule has 0 unspecified atom stereocenters. The standard InChI is InChI=1S/C61H84N10O22S2/c1-32-28-71-51(52(32)80)57(85)63-27-39(75)25-42(64-53(81)35-10-12-36(13-11-35)58-68-69-59(94-58)37-14-16-41(17-15-37)90-22-8-6-4-5-7-21-89-3)54(82)65-48(33(2)74)60(86)70-29-40(76)26-43(70)55(83)66-49(46(79)23-34-9-18-44(77)47(24-34)91-95-93-92-88)56(84)67-50(61(71)87)45(78)19-20-62-38(30-72)31-73/h9-18,24,32-33,38-40,42-43,45-46,48-52,62,72-80,88H,4-8,19-23,25-31H2,1-3H3,(H,63,85)(H,64,81)(H,65,82)(H,66,83)(H,67,84)/t32-,33+,39+,40+,42-,43-,45+,46+,48-,49-,50-,51-,52-/m0/s1. The summed E-state index contributed by atoms with van der Waals surface area (Å²) in [6, 6.07) is 4.73. The minimum absolute atomic E-state index is 0.00619. The van der Waals surface area contributed by atoms with Crippen molar-refractivity contribution in [1.29, 1.82) is 0 Å². The molecule has 16 N–H and O–H groups in total. The van der Waals surface area contributed by atoms with Crippen LogP contribution in [0.25, 0.3) is 21.1 Å². The quantitative estimate of drug-likeness (QED) is 0.0129. The molecule has 4 aromatic rings. The Hall–Kier alpha value is -7.26. The normalized spacial score (nSPS) is 24.3. The minimum atomic E-state index is -2.16. The van der Waals surface area contributed by atoms with E-state index in [9.17, 15) is 79.5 Å².